The van der Waals surface area contributed by atoms with Crippen molar-refractivity contribution in [2.45, 2.75) is 26.4 Å². The van der Waals surface area contributed by atoms with E-state index in [-0.39, 0.29) is 12.2 Å². The van der Waals surface area contributed by atoms with E-state index >= 15 is 0 Å². The average molecular weight is 290 g/mol. The molecule has 0 fully saturated rings. The van der Waals surface area contributed by atoms with Gasteiger partial charge in [-0.25, -0.2) is 8.78 Å². The van der Waals surface area contributed by atoms with Gasteiger partial charge in [-0.2, -0.15) is 0 Å². The molecule has 0 saturated heterocycles. The highest BCUT2D eigenvalue weighted by atomic mass is 19.1. The highest BCUT2D eigenvalue weighted by Gasteiger charge is 2.17. The van der Waals surface area contributed by atoms with Gasteiger partial charge in [-0.1, -0.05) is 37.3 Å². The molecule has 0 spiro atoms. The summed E-state index contributed by atoms with van der Waals surface area (Å²) in [6.07, 6.45) is 0.810. The second-order valence-corrected chi connectivity index (χ2v) is 5.02. The van der Waals surface area contributed by atoms with Gasteiger partial charge >= 0.3 is 0 Å². The van der Waals surface area contributed by atoms with Gasteiger partial charge in [0.05, 0.1) is 0 Å². The molecule has 21 heavy (non-hydrogen) atoms. The highest BCUT2D eigenvalue weighted by Crippen LogP contribution is 2.26. The van der Waals surface area contributed by atoms with Gasteiger partial charge in [0.2, 0.25) is 0 Å². The van der Waals surface area contributed by atoms with Crippen LogP contribution in [0, 0.1) is 11.6 Å². The molecule has 0 bridgehead atoms. The molecule has 4 heteroatoms. The number of halogens is 2. The minimum absolute atomic E-state index is 0.0258. The van der Waals surface area contributed by atoms with Crippen LogP contribution in [0.4, 0.5) is 14.5 Å². The van der Waals surface area contributed by atoms with Crippen molar-refractivity contribution in [2.24, 2.45) is 5.73 Å². The fourth-order valence-electron chi connectivity index (χ4n) is 2.38. The molecule has 2 N–H and O–H groups in total. The number of benzene rings is 2. The molecule has 0 aromatic heterocycles. The van der Waals surface area contributed by atoms with Gasteiger partial charge in [0.25, 0.3) is 0 Å². The zero-order valence-corrected chi connectivity index (χ0v) is 12.2. The zero-order valence-electron chi connectivity index (χ0n) is 12.2. The van der Waals surface area contributed by atoms with Gasteiger partial charge in [0, 0.05) is 19.6 Å². The lowest BCUT2D eigenvalue weighted by molar-refractivity contribution is 0.565. The van der Waals surface area contributed by atoms with Crippen LogP contribution in [0.5, 0.6) is 0 Å². The van der Waals surface area contributed by atoms with E-state index in [1.807, 2.05) is 37.3 Å². The highest BCUT2D eigenvalue weighted by molar-refractivity contribution is 5.51. The minimum atomic E-state index is -0.556. The quantitative estimate of drug-likeness (QED) is 0.876. The van der Waals surface area contributed by atoms with Crippen molar-refractivity contribution in [3.8, 4) is 0 Å². The first-order valence-electron chi connectivity index (χ1n) is 7.12. The third-order valence-corrected chi connectivity index (χ3v) is 3.34. The van der Waals surface area contributed by atoms with E-state index in [4.69, 9.17) is 5.73 Å². The van der Waals surface area contributed by atoms with Crippen LogP contribution in [0.25, 0.3) is 0 Å². The maximum Gasteiger partial charge on any atom is 0.149 e. The summed E-state index contributed by atoms with van der Waals surface area (Å²) in [5.41, 5.74) is 6.96. The lowest BCUT2D eigenvalue weighted by Gasteiger charge is -2.25. The third-order valence-electron chi connectivity index (χ3n) is 3.34. The number of hydrogen-bond acceptors (Lipinski definition) is 2. The standard InChI is InChI=1S/C17H20F2N2/c1-2-8-21(12-13-6-4-3-5-7-13)17-15(18)9-14(11-20)10-16(17)19/h3-7,9-10H,2,8,11-12,20H2,1H3. The molecule has 0 heterocycles. The van der Waals surface area contributed by atoms with Crippen LogP contribution in [-0.2, 0) is 13.1 Å². The summed E-state index contributed by atoms with van der Waals surface area (Å²) in [7, 11) is 0. The normalized spacial score (nSPS) is 10.7. The van der Waals surface area contributed by atoms with Crippen molar-refractivity contribution in [2.75, 3.05) is 11.4 Å². The summed E-state index contributed by atoms with van der Waals surface area (Å²) in [5, 5.41) is 0. The predicted octanol–water partition coefficient (Wildman–Crippen LogP) is 3.84. The van der Waals surface area contributed by atoms with E-state index in [0.29, 0.717) is 18.7 Å². The van der Waals surface area contributed by atoms with Gasteiger partial charge in [-0.3, -0.25) is 0 Å². The Labute approximate surface area is 124 Å². The second-order valence-electron chi connectivity index (χ2n) is 5.02. The number of hydrogen-bond donors (Lipinski definition) is 1. The fourth-order valence-corrected chi connectivity index (χ4v) is 2.38. The lowest BCUT2D eigenvalue weighted by atomic mass is 10.1. The van der Waals surface area contributed by atoms with Crippen molar-refractivity contribution in [3.05, 3.63) is 65.2 Å². The number of nitrogens with zero attached hydrogens (tertiary/aromatic N) is 1. The van der Waals surface area contributed by atoms with Crippen molar-refractivity contribution >= 4 is 5.69 Å². The van der Waals surface area contributed by atoms with Crippen LogP contribution in [0.2, 0.25) is 0 Å². The Morgan fingerprint density at radius 1 is 1.00 bits per heavy atom. The third kappa shape index (κ3) is 3.79. The molecule has 0 radical (unpaired) electrons. The van der Waals surface area contributed by atoms with Crippen LogP contribution in [0.15, 0.2) is 42.5 Å². The second kappa shape index (κ2) is 7.18. The molecule has 0 aliphatic heterocycles. The molecule has 2 aromatic carbocycles. The van der Waals surface area contributed by atoms with E-state index in [0.717, 1.165) is 12.0 Å². The van der Waals surface area contributed by atoms with E-state index in [9.17, 15) is 8.78 Å². The first-order chi connectivity index (χ1) is 10.2. The van der Waals surface area contributed by atoms with Gasteiger partial charge in [0.15, 0.2) is 0 Å². The Hall–Kier alpha value is -1.94. The van der Waals surface area contributed by atoms with Crippen LogP contribution in [0.1, 0.15) is 24.5 Å². The molecule has 0 amide bonds. The molecule has 0 aliphatic carbocycles. The Bertz CT molecular complexity index is 562. The van der Waals surface area contributed by atoms with Crippen LogP contribution < -0.4 is 10.6 Å². The summed E-state index contributed by atoms with van der Waals surface area (Å²) in [5.74, 6) is -1.11. The summed E-state index contributed by atoms with van der Waals surface area (Å²) < 4.78 is 28.5. The van der Waals surface area contributed by atoms with Gasteiger partial charge in [-0.15, -0.1) is 0 Å². The Kier molecular flexibility index (Phi) is 5.28. The van der Waals surface area contributed by atoms with Crippen LogP contribution in [0.3, 0.4) is 0 Å². The van der Waals surface area contributed by atoms with Crippen molar-refractivity contribution < 1.29 is 8.78 Å². The average Bonchev–Trinajstić information content (AvgIpc) is 2.47. The Morgan fingerprint density at radius 3 is 2.14 bits per heavy atom. The van der Waals surface area contributed by atoms with E-state index in [1.165, 1.54) is 12.1 Å². The first kappa shape index (κ1) is 15.4. The number of rotatable bonds is 6. The van der Waals surface area contributed by atoms with Crippen LogP contribution in [-0.4, -0.2) is 6.54 Å². The summed E-state index contributed by atoms with van der Waals surface area (Å²) >= 11 is 0. The fraction of sp³-hybridized carbons (Fsp3) is 0.294. The topological polar surface area (TPSA) is 29.3 Å². The summed E-state index contributed by atoms with van der Waals surface area (Å²) in [6, 6.07) is 12.3. The molecule has 0 aliphatic rings. The Morgan fingerprint density at radius 2 is 1.62 bits per heavy atom. The lowest BCUT2D eigenvalue weighted by Crippen LogP contribution is -2.26. The van der Waals surface area contributed by atoms with Gasteiger partial charge in [0.1, 0.15) is 17.3 Å². The van der Waals surface area contributed by atoms with Crippen molar-refractivity contribution in [3.63, 3.8) is 0 Å². The van der Waals surface area contributed by atoms with Crippen LogP contribution >= 0.6 is 0 Å². The predicted molar refractivity (Wildman–Crippen MR) is 82.0 cm³/mol. The van der Waals surface area contributed by atoms with Crippen molar-refractivity contribution in [1.29, 1.82) is 0 Å². The first-order valence-corrected chi connectivity index (χ1v) is 7.12. The molecular formula is C17H20F2N2. The smallest absolute Gasteiger partial charge is 0.149 e. The van der Waals surface area contributed by atoms with E-state index < -0.39 is 11.6 Å². The molecule has 0 atom stereocenters. The SMILES string of the molecule is CCCN(Cc1ccccc1)c1c(F)cc(CN)cc1F. The number of anilines is 1. The van der Waals surface area contributed by atoms with Gasteiger partial charge in [-0.05, 0) is 29.7 Å². The molecule has 0 unspecified atom stereocenters. The van der Waals surface area contributed by atoms with Crippen molar-refractivity contribution in [1.82, 2.24) is 0 Å². The maximum absolute atomic E-state index is 14.2. The molecule has 2 aromatic rings. The van der Waals surface area contributed by atoms with Gasteiger partial charge < -0.3 is 10.6 Å². The molecular weight excluding hydrogens is 270 g/mol. The molecule has 2 rings (SSSR count). The van der Waals surface area contributed by atoms with E-state index in [1.54, 1.807) is 4.90 Å². The number of nitrogens with two attached hydrogens (primary N) is 1. The monoisotopic (exact) mass is 290 g/mol. The summed E-state index contributed by atoms with van der Waals surface area (Å²) in [6.45, 7) is 3.18. The Balaban J connectivity index is 2.34. The molecule has 0 saturated carbocycles. The largest absolute Gasteiger partial charge is 0.362 e. The minimum Gasteiger partial charge on any atom is -0.362 e. The maximum atomic E-state index is 14.2. The molecule has 2 nitrogen and oxygen atoms in total. The van der Waals surface area contributed by atoms with E-state index in [2.05, 4.69) is 0 Å². The summed E-state index contributed by atoms with van der Waals surface area (Å²) in [4.78, 5) is 1.74. The zero-order chi connectivity index (χ0) is 15.2. The molecule has 112 valence electrons.